The fourth-order valence-corrected chi connectivity index (χ4v) is 4.45. The van der Waals surface area contributed by atoms with Crippen molar-refractivity contribution in [3.8, 4) is 0 Å². The molecule has 0 aromatic heterocycles. The SMILES string of the molecule is CS(=O)(=O)c1cc(C(=O)N2CCC2c2cccc(F)c2)c(Cl)cc1Cl. The molecule has 0 N–H and O–H groups in total. The summed E-state index contributed by atoms with van der Waals surface area (Å²) in [6.45, 7) is 0.479. The highest BCUT2D eigenvalue weighted by Gasteiger charge is 2.35. The molecule has 1 fully saturated rings. The Bertz CT molecular complexity index is 962. The van der Waals surface area contributed by atoms with Crippen LogP contribution in [0.5, 0.6) is 0 Å². The van der Waals surface area contributed by atoms with Gasteiger partial charge in [0.05, 0.1) is 26.5 Å². The van der Waals surface area contributed by atoms with E-state index in [2.05, 4.69) is 0 Å². The minimum Gasteiger partial charge on any atom is -0.331 e. The number of carbonyl (C=O) groups is 1. The lowest BCUT2D eigenvalue weighted by molar-refractivity contribution is 0.0459. The van der Waals surface area contributed by atoms with Crippen LogP contribution in [0.4, 0.5) is 4.39 Å². The highest BCUT2D eigenvalue weighted by atomic mass is 35.5. The van der Waals surface area contributed by atoms with Gasteiger partial charge in [-0.05, 0) is 36.2 Å². The van der Waals surface area contributed by atoms with Crippen molar-refractivity contribution >= 4 is 38.9 Å². The Kier molecular flexibility index (Phi) is 4.79. The van der Waals surface area contributed by atoms with E-state index in [1.54, 1.807) is 12.1 Å². The van der Waals surface area contributed by atoms with E-state index < -0.39 is 15.7 Å². The van der Waals surface area contributed by atoms with Gasteiger partial charge in [0.2, 0.25) is 0 Å². The van der Waals surface area contributed by atoms with Crippen LogP contribution in [0.1, 0.15) is 28.4 Å². The quantitative estimate of drug-likeness (QED) is 0.776. The molecule has 2 aromatic carbocycles. The number of rotatable bonds is 3. The predicted octanol–water partition coefficient (Wildman–Crippen LogP) is 4.12. The molecule has 1 aliphatic heterocycles. The van der Waals surface area contributed by atoms with Crippen molar-refractivity contribution in [2.45, 2.75) is 17.4 Å². The molecule has 132 valence electrons. The van der Waals surface area contributed by atoms with Crippen LogP contribution in [0.25, 0.3) is 0 Å². The molecule has 0 spiro atoms. The number of likely N-dealkylation sites (tertiary alicyclic amines) is 1. The molecule has 0 bridgehead atoms. The summed E-state index contributed by atoms with van der Waals surface area (Å²) in [5.74, 6) is -0.784. The summed E-state index contributed by atoms with van der Waals surface area (Å²) >= 11 is 12.0. The smallest absolute Gasteiger partial charge is 0.255 e. The Hall–Kier alpha value is -1.63. The van der Waals surface area contributed by atoms with E-state index in [1.165, 1.54) is 29.2 Å². The Morgan fingerprint density at radius 3 is 2.48 bits per heavy atom. The minimum absolute atomic E-state index is 0.0330. The van der Waals surface area contributed by atoms with E-state index >= 15 is 0 Å². The third-order valence-corrected chi connectivity index (χ3v) is 6.04. The van der Waals surface area contributed by atoms with Crippen molar-refractivity contribution in [1.82, 2.24) is 4.90 Å². The molecule has 1 atom stereocenters. The van der Waals surface area contributed by atoms with Gasteiger partial charge in [-0.25, -0.2) is 12.8 Å². The molecule has 1 saturated heterocycles. The maximum atomic E-state index is 13.4. The molecule has 0 radical (unpaired) electrons. The summed E-state index contributed by atoms with van der Waals surface area (Å²) < 4.78 is 37.1. The number of benzene rings is 2. The van der Waals surface area contributed by atoms with E-state index in [9.17, 15) is 17.6 Å². The third-order valence-electron chi connectivity index (χ3n) is 4.17. The first-order valence-corrected chi connectivity index (χ1v) is 10.1. The average molecular weight is 402 g/mol. The zero-order valence-electron chi connectivity index (χ0n) is 13.2. The molecule has 0 aliphatic carbocycles. The van der Waals surface area contributed by atoms with Crippen LogP contribution in [0, 0.1) is 5.82 Å². The van der Waals surface area contributed by atoms with Gasteiger partial charge in [-0.15, -0.1) is 0 Å². The summed E-state index contributed by atoms with van der Waals surface area (Å²) in [5, 5.41) is 0.0432. The van der Waals surface area contributed by atoms with E-state index in [0.717, 1.165) is 6.26 Å². The molecular weight excluding hydrogens is 388 g/mol. The van der Waals surface area contributed by atoms with Gasteiger partial charge in [-0.1, -0.05) is 35.3 Å². The second-order valence-corrected chi connectivity index (χ2v) is 8.69. The van der Waals surface area contributed by atoms with Gasteiger partial charge in [0, 0.05) is 12.8 Å². The van der Waals surface area contributed by atoms with Gasteiger partial charge in [-0.3, -0.25) is 4.79 Å². The van der Waals surface area contributed by atoms with E-state index in [0.29, 0.717) is 18.5 Å². The first-order valence-electron chi connectivity index (χ1n) is 7.44. The molecule has 8 heteroatoms. The Labute approximate surface area is 155 Å². The Morgan fingerprint density at radius 1 is 1.20 bits per heavy atom. The molecule has 1 amide bonds. The number of amides is 1. The van der Waals surface area contributed by atoms with Gasteiger partial charge in [-0.2, -0.15) is 0 Å². The first kappa shape index (κ1) is 18.2. The molecule has 1 heterocycles. The number of nitrogens with zero attached hydrogens (tertiary/aromatic N) is 1. The zero-order chi connectivity index (χ0) is 18.4. The highest BCUT2D eigenvalue weighted by Crippen LogP contribution is 2.37. The van der Waals surface area contributed by atoms with Crippen molar-refractivity contribution in [2.75, 3.05) is 12.8 Å². The minimum atomic E-state index is -3.60. The number of halogens is 3. The van der Waals surface area contributed by atoms with E-state index in [4.69, 9.17) is 23.2 Å². The number of sulfone groups is 1. The molecule has 0 saturated carbocycles. The fourth-order valence-electron chi connectivity index (χ4n) is 2.82. The number of carbonyl (C=O) groups excluding carboxylic acids is 1. The Morgan fingerprint density at radius 2 is 1.92 bits per heavy atom. The van der Waals surface area contributed by atoms with Gasteiger partial charge in [0.25, 0.3) is 5.91 Å². The standard InChI is InChI=1S/C17H14Cl2FNO3S/c1-25(23,24)16-8-12(13(18)9-14(16)19)17(22)21-6-5-15(21)10-3-2-4-11(20)7-10/h2-4,7-9,15H,5-6H2,1H3. The van der Waals surface area contributed by atoms with Crippen LogP contribution in [0.3, 0.4) is 0 Å². The van der Waals surface area contributed by atoms with Crippen LogP contribution in [-0.4, -0.2) is 32.0 Å². The average Bonchev–Trinajstić information content (AvgIpc) is 2.44. The second-order valence-electron chi connectivity index (χ2n) is 5.89. The van der Waals surface area contributed by atoms with Crippen molar-refractivity contribution in [3.63, 3.8) is 0 Å². The van der Waals surface area contributed by atoms with Gasteiger partial charge >= 0.3 is 0 Å². The summed E-state index contributed by atoms with van der Waals surface area (Å²) in [5.41, 5.74) is 0.751. The molecule has 1 unspecified atom stereocenters. The number of hydrogen-bond acceptors (Lipinski definition) is 3. The van der Waals surface area contributed by atoms with Crippen molar-refractivity contribution in [3.05, 3.63) is 63.4 Å². The lowest BCUT2D eigenvalue weighted by Crippen LogP contribution is -2.45. The largest absolute Gasteiger partial charge is 0.331 e. The third kappa shape index (κ3) is 3.52. The lowest BCUT2D eigenvalue weighted by Gasteiger charge is -2.41. The van der Waals surface area contributed by atoms with Crippen LogP contribution in [-0.2, 0) is 9.84 Å². The molecule has 25 heavy (non-hydrogen) atoms. The maximum Gasteiger partial charge on any atom is 0.255 e. The molecule has 1 aliphatic rings. The molecular formula is C17H14Cl2FNO3S. The van der Waals surface area contributed by atoms with Crippen LogP contribution in [0.15, 0.2) is 41.3 Å². The normalized spacial score (nSPS) is 17.3. The monoisotopic (exact) mass is 401 g/mol. The zero-order valence-corrected chi connectivity index (χ0v) is 15.5. The summed E-state index contributed by atoms with van der Waals surface area (Å²) in [6, 6.07) is 8.24. The molecule has 3 rings (SSSR count). The second kappa shape index (κ2) is 6.59. The van der Waals surface area contributed by atoms with Gasteiger partial charge in [0.15, 0.2) is 9.84 Å². The van der Waals surface area contributed by atoms with Gasteiger partial charge < -0.3 is 4.90 Å². The van der Waals surface area contributed by atoms with Crippen LogP contribution < -0.4 is 0 Å². The molecule has 4 nitrogen and oxygen atoms in total. The van der Waals surface area contributed by atoms with Crippen LogP contribution in [0.2, 0.25) is 10.0 Å². The highest BCUT2D eigenvalue weighted by molar-refractivity contribution is 7.90. The van der Waals surface area contributed by atoms with Crippen molar-refractivity contribution < 1.29 is 17.6 Å². The van der Waals surface area contributed by atoms with Crippen molar-refractivity contribution in [2.24, 2.45) is 0 Å². The lowest BCUT2D eigenvalue weighted by atomic mass is 9.93. The fraction of sp³-hybridized carbons (Fsp3) is 0.235. The van der Waals surface area contributed by atoms with Crippen LogP contribution >= 0.6 is 23.2 Å². The summed E-state index contributed by atoms with van der Waals surface area (Å²) in [4.78, 5) is 14.2. The summed E-state index contributed by atoms with van der Waals surface area (Å²) in [6.07, 6.45) is 1.70. The van der Waals surface area contributed by atoms with Gasteiger partial charge in [0.1, 0.15) is 5.82 Å². The van der Waals surface area contributed by atoms with Crippen molar-refractivity contribution in [1.29, 1.82) is 0 Å². The predicted molar refractivity (Wildman–Crippen MR) is 94.4 cm³/mol. The van der Waals surface area contributed by atoms with E-state index in [-0.39, 0.29) is 32.4 Å². The first-order chi connectivity index (χ1) is 11.7. The molecule has 2 aromatic rings. The number of hydrogen-bond donors (Lipinski definition) is 0. The summed E-state index contributed by atoms with van der Waals surface area (Å²) in [7, 11) is -3.60. The Balaban J connectivity index is 1.96. The topological polar surface area (TPSA) is 54.5 Å². The van der Waals surface area contributed by atoms with E-state index in [1.807, 2.05) is 0 Å². The maximum absolute atomic E-state index is 13.4.